The molecular weight excluding hydrogens is 302 g/mol. The van der Waals surface area contributed by atoms with Crippen molar-refractivity contribution in [2.75, 3.05) is 5.73 Å². The Bertz CT molecular complexity index is 975. The lowest BCUT2D eigenvalue weighted by Gasteiger charge is -2.12. The molecule has 0 saturated heterocycles. The van der Waals surface area contributed by atoms with Crippen LogP contribution < -0.4 is 5.73 Å². The Morgan fingerprint density at radius 1 is 0.864 bits per heavy atom. The molecule has 0 aliphatic rings. The lowest BCUT2D eigenvalue weighted by atomic mass is 10.1. The molecule has 5 nitrogen and oxygen atoms in total. The summed E-state index contributed by atoms with van der Waals surface area (Å²) in [5.74, 6) is -1.28. The van der Waals surface area contributed by atoms with Crippen LogP contribution in [0.4, 0.5) is 5.69 Å². The summed E-state index contributed by atoms with van der Waals surface area (Å²) in [6.07, 6.45) is 0. The number of anilines is 1. The van der Waals surface area contributed by atoms with Gasteiger partial charge in [-0.1, -0.05) is 36.4 Å². The first-order chi connectivity index (χ1) is 10.4. The number of sulfone groups is 1. The zero-order valence-corrected chi connectivity index (χ0v) is 12.2. The van der Waals surface area contributed by atoms with E-state index in [-0.39, 0.29) is 10.6 Å². The Hall–Kier alpha value is -2.73. The van der Waals surface area contributed by atoms with Crippen LogP contribution >= 0.6 is 0 Å². The van der Waals surface area contributed by atoms with Gasteiger partial charge in [-0.05, 0) is 23.6 Å². The van der Waals surface area contributed by atoms with Gasteiger partial charge >= 0.3 is 0 Å². The van der Waals surface area contributed by atoms with Crippen molar-refractivity contribution in [3.05, 3.63) is 54.6 Å². The van der Waals surface area contributed by atoms with Crippen LogP contribution in [0.5, 0.6) is 11.5 Å². The SMILES string of the molecule is Nc1ccc(O)c(O)c1S(=O)(=O)c1cccc2ccccc12. The number of benzene rings is 3. The predicted molar refractivity (Wildman–Crippen MR) is 83.6 cm³/mol. The summed E-state index contributed by atoms with van der Waals surface area (Å²) >= 11 is 0. The third kappa shape index (κ3) is 2.05. The summed E-state index contributed by atoms with van der Waals surface area (Å²) in [6, 6.07) is 14.2. The normalized spacial score (nSPS) is 11.6. The number of phenols is 2. The molecule has 3 rings (SSSR count). The average molecular weight is 315 g/mol. The minimum Gasteiger partial charge on any atom is -0.504 e. The number of aromatic hydroxyl groups is 2. The summed E-state index contributed by atoms with van der Waals surface area (Å²) < 4.78 is 25.8. The van der Waals surface area contributed by atoms with Gasteiger partial charge in [0.1, 0.15) is 4.90 Å². The van der Waals surface area contributed by atoms with Gasteiger partial charge in [-0.25, -0.2) is 8.42 Å². The minimum absolute atomic E-state index is 0.0261. The average Bonchev–Trinajstić information content (AvgIpc) is 2.50. The van der Waals surface area contributed by atoms with E-state index in [1.54, 1.807) is 36.4 Å². The Morgan fingerprint density at radius 3 is 2.32 bits per heavy atom. The number of rotatable bonds is 2. The molecule has 3 aromatic rings. The van der Waals surface area contributed by atoms with Crippen LogP contribution in [0, 0.1) is 0 Å². The molecule has 0 fully saturated rings. The number of fused-ring (bicyclic) bond motifs is 1. The van der Waals surface area contributed by atoms with Gasteiger partial charge in [0, 0.05) is 5.39 Å². The van der Waals surface area contributed by atoms with Crippen LogP contribution in [0.1, 0.15) is 0 Å². The molecule has 22 heavy (non-hydrogen) atoms. The zero-order chi connectivity index (χ0) is 15.9. The van der Waals surface area contributed by atoms with Crippen LogP contribution in [0.25, 0.3) is 10.8 Å². The molecule has 6 heteroatoms. The predicted octanol–water partition coefficient (Wildman–Crippen LogP) is 2.67. The molecule has 0 atom stereocenters. The highest BCUT2D eigenvalue weighted by Crippen LogP contribution is 2.40. The molecule has 0 bridgehead atoms. The van der Waals surface area contributed by atoms with E-state index >= 15 is 0 Å². The Kier molecular flexibility index (Phi) is 3.18. The van der Waals surface area contributed by atoms with Crippen molar-refractivity contribution in [3.63, 3.8) is 0 Å². The lowest BCUT2D eigenvalue weighted by Crippen LogP contribution is -2.06. The van der Waals surface area contributed by atoms with Gasteiger partial charge in [0.15, 0.2) is 11.5 Å². The fourth-order valence-corrected chi connectivity index (χ4v) is 4.09. The largest absolute Gasteiger partial charge is 0.504 e. The van der Waals surface area contributed by atoms with E-state index in [1.807, 2.05) is 0 Å². The second-order valence-corrected chi connectivity index (χ2v) is 6.69. The summed E-state index contributed by atoms with van der Waals surface area (Å²) in [6.45, 7) is 0. The summed E-state index contributed by atoms with van der Waals surface area (Å²) in [5, 5.41) is 20.8. The van der Waals surface area contributed by atoms with Gasteiger partial charge < -0.3 is 15.9 Å². The van der Waals surface area contributed by atoms with Crippen molar-refractivity contribution in [2.24, 2.45) is 0 Å². The number of hydrogen-bond acceptors (Lipinski definition) is 5. The summed E-state index contributed by atoms with van der Waals surface area (Å²) in [5.41, 5.74) is 5.59. The monoisotopic (exact) mass is 315 g/mol. The van der Waals surface area contributed by atoms with Crippen molar-refractivity contribution in [3.8, 4) is 11.5 Å². The highest BCUT2D eigenvalue weighted by atomic mass is 32.2. The second kappa shape index (κ2) is 4.92. The van der Waals surface area contributed by atoms with E-state index in [9.17, 15) is 18.6 Å². The molecule has 0 aromatic heterocycles. The standard InChI is InChI=1S/C16H13NO4S/c17-12-8-9-13(18)15(19)16(12)22(20,21)14-7-3-5-10-4-1-2-6-11(10)14/h1-9,18-19H,17H2. The van der Waals surface area contributed by atoms with Crippen molar-refractivity contribution in [1.82, 2.24) is 0 Å². The van der Waals surface area contributed by atoms with E-state index in [2.05, 4.69) is 0 Å². The van der Waals surface area contributed by atoms with E-state index in [0.717, 1.165) is 11.5 Å². The third-order valence-electron chi connectivity index (χ3n) is 3.45. The number of phenolic OH excluding ortho intramolecular Hbond substituents is 2. The van der Waals surface area contributed by atoms with Gasteiger partial charge in [-0.3, -0.25) is 0 Å². The zero-order valence-electron chi connectivity index (χ0n) is 11.4. The Labute approximate surface area is 127 Å². The molecule has 0 saturated carbocycles. The van der Waals surface area contributed by atoms with Gasteiger partial charge in [-0.2, -0.15) is 0 Å². The minimum atomic E-state index is -4.08. The highest BCUT2D eigenvalue weighted by Gasteiger charge is 2.27. The van der Waals surface area contributed by atoms with Gasteiger partial charge in [0.05, 0.1) is 10.6 Å². The number of nitrogens with two attached hydrogens (primary N) is 1. The molecule has 0 unspecified atom stereocenters. The quantitative estimate of drug-likeness (QED) is 0.383. The van der Waals surface area contributed by atoms with E-state index < -0.39 is 26.2 Å². The summed E-state index contributed by atoms with van der Waals surface area (Å²) in [7, 11) is -4.08. The van der Waals surface area contributed by atoms with Gasteiger partial charge in [0.25, 0.3) is 0 Å². The highest BCUT2D eigenvalue weighted by molar-refractivity contribution is 7.92. The smallest absolute Gasteiger partial charge is 0.213 e. The van der Waals surface area contributed by atoms with E-state index in [1.165, 1.54) is 12.1 Å². The lowest BCUT2D eigenvalue weighted by molar-refractivity contribution is 0.394. The van der Waals surface area contributed by atoms with E-state index in [0.29, 0.717) is 5.39 Å². The molecule has 0 aliphatic heterocycles. The van der Waals surface area contributed by atoms with Crippen LogP contribution in [-0.2, 0) is 9.84 Å². The molecule has 112 valence electrons. The van der Waals surface area contributed by atoms with Crippen molar-refractivity contribution < 1.29 is 18.6 Å². The first-order valence-corrected chi connectivity index (χ1v) is 7.94. The number of hydrogen-bond donors (Lipinski definition) is 3. The van der Waals surface area contributed by atoms with Crippen molar-refractivity contribution >= 4 is 26.3 Å². The molecular formula is C16H13NO4S. The van der Waals surface area contributed by atoms with Crippen LogP contribution in [0.3, 0.4) is 0 Å². The maximum atomic E-state index is 12.9. The molecule has 0 amide bonds. The van der Waals surface area contributed by atoms with Crippen LogP contribution in [0.2, 0.25) is 0 Å². The third-order valence-corrected chi connectivity index (χ3v) is 5.35. The number of nitrogen functional groups attached to an aromatic ring is 1. The van der Waals surface area contributed by atoms with Crippen LogP contribution in [0.15, 0.2) is 64.4 Å². The van der Waals surface area contributed by atoms with Crippen molar-refractivity contribution in [2.45, 2.75) is 9.79 Å². The summed E-state index contributed by atoms with van der Waals surface area (Å²) in [4.78, 5) is -0.456. The maximum absolute atomic E-state index is 12.9. The fraction of sp³-hybridized carbons (Fsp3) is 0. The Morgan fingerprint density at radius 2 is 1.55 bits per heavy atom. The second-order valence-electron chi connectivity index (χ2n) is 4.83. The molecule has 0 heterocycles. The van der Waals surface area contributed by atoms with E-state index in [4.69, 9.17) is 5.73 Å². The first kappa shape index (κ1) is 14.2. The molecule has 3 aromatic carbocycles. The molecule has 0 radical (unpaired) electrons. The molecule has 0 spiro atoms. The van der Waals surface area contributed by atoms with Gasteiger partial charge in [0.2, 0.25) is 9.84 Å². The maximum Gasteiger partial charge on any atom is 0.213 e. The molecule has 0 aliphatic carbocycles. The Balaban J connectivity index is 2.38. The van der Waals surface area contributed by atoms with Crippen LogP contribution in [-0.4, -0.2) is 18.6 Å². The van der Waals surface area contributed by atoms with Crippen molar-refractivity contribution in [1.29, 1.82) is 0 Å². The topological polar surface area (TPSA) is 101 Å². The first-order valence-electron chi connectivity index (χ1n) is 6.46. The molecule has 4 N–H and O–H groups in total. The fourth-order valence-electron chi connectivity index (χ4n) is 2.40. The van der Waals surface area contributed by atoms with Gasteiger partial charge in [-0.15, -0.1) is 0 Å².